The lowest BCUT2D eigenvalue weighted by Gasteiger charge is -2.45. The first-order valence-corrected chi connectivity index (χ1v) is 7.00. The van der Waals surface area contributed by atoms with Gasteiger partial charge in [-0.1, -0.05) is 6.42 Å². The Balaban J connectivity index is 1.79. The summed E-state index contributed by atoms with van der Waals surface area (Å²) >= 11 is 2.08. The van der Waals surface area contributed by atoms with Gasteiger partial charge in [-0.15, -0.1) is 0 Å². The lowest BCUT2D eigenvalue weighted by atomic mass is 9.83. The highest BCUT2D eigenvalue weighted by Gasteiger charge is 2.38. The summed E-state index contributed by atoms with van der Waals surface area (Å²) < 4.78 is 0.613. The molecule has 2 nitrogen and oxygen atoms in total. The minimum atomic E-state index is 0.470. The van der Waals surface area contributed by atoms with Gasteiger partial charge < -0.3 is 10.6 Å². The van der Waals surface area contributed by atoms with Gasteiger partial charge in [0, 0.05) is 17.3 Å². The van der Waals surface area contributed by atoms with Crippen LogP contribution in [0.4, 0.5) is 0 Å². The van der Waals surface area contributed by atoms with Gasteiger partial charge in [-0.05, 0) is 45.0 Å². The number of rotatable bonds is 3. The second-order valence-electron chi connectivity index (χ2n) is 4.85. The monoisotopic (exact) mass is 214 g/mol. The Bertz CT molecular complexity index is 178. The second kappa shape index (κ2) is 4.42. The van der Waals surface area contributed by atoms with Gasteiger partial charge in [-0.3, -0.25) is 0 Å². The quantitative estimate of drug-likeness (QED) is 0.775. The molecule has 2 aliphatic rings. The Morgan fingerprint density at radius 1 is 1.36 bits per heavy atom. The number of likely N-dealkylation sites (tertiary alicyclic amines) is 1. The number of hydrogen-bond acceptors (Lipinski definition) is 3. The van der Waals surface area contributed by atoms with Crippen LogP contribution < -0.4 is 5.73 Å². The minimum Gasteiger partial charge on any atom is -0.328 e. The van der Waals surface area contributed by atoms with Crippen molar-refractivity contribution in [3.8, 4) is 0 Å². The van der Waals surface area contributed by atoms with Crippen LogP contribution in [0.1, 0.15) is 32.1 Å². The zero-order valence-corrected chi connectivity index (χ0v) is 9.98. The van der Waals surface area contributed by atoms with Crippen LogP contribution in [0.25, 0.3) is 0 Å². The van der Waals surface area contributed by atoms with Crippen molar-refractivity contribution in [1.29, 1.82) is 0 Å². The van der Waals surface area contributed by atoms with Crippen molar-refractivity contribution in [2.75, 3.05) is 25.9 Å². The van der Waals surface area contributed by atoms with Gasteiger partial charge in [-0.2, -0.15) is 11.8 Å². The third kappa shape index (κ3) is 2.26. The van der Waals surface area contributed by atoms with E-state index in [1.54, 1.807) is 0 Å². The molecule has 0 amide bonds. The highest BCUT2D eigenvalue weighted by Crippen LogP contribution is 2.43. The zero-order valence-electron chi connectivity index (χ0n) is 9.17. The summed E-state index contributed by atoms with van der Waals surface area (Å²) in [6, 6.07) is 0.470. The van der Waals surface area contributed by atoms with Crippen LogP contribution >= 0.6 is 11.8 Å². The van der Waals surface area contributed by atoms with Crippen LogP contribution in [-0.4, -0.2) is 41.6 Å². The van der Waals surface area contributed by atoms with Crippen molar-refractivity contribution in [3.05, 3.63) is 0 Å². The SMILES string of the molecule is CSC1(CN2CCC(N)CC2)CCC1. The fraction of sp³-hybridized carbons (Fsp3) is 1.00. The van der Waals surface area contributed by atoms with E-state index in [9.17, 15) is 0 Å². The standard InChI is InChI=1S/C11H22N2S/c1-14-11(5-2-6-11)9-13-7-3-10(12)4-8-13/h10H,2-9,12H2,1H3. The Morgan fingerprint density at radius 2 is 2.00 bits per heavy atom. The maximum absolute atomic E-state index is 5.91. The minimum absolute atomic E-state index is 0.470. The van der Waals surface area contributed by atoms with E-state index in [-0.39, 0.29) is 0 Å². The number of hydrogen-bond donors (Lipinski definition) is 1. The van der Waals surface area contributed by atoms with E-state index in [0.29, 0.717) is 10.8 Å². The molecule has 1 heterocycles. The van der Waals surface area contributed by atoms with Crippen molar-refractivity contribution < 1.29 is 0 Å². The smallest absolute Gasteiger partial charge is 0.0284 e. The predicted molar refractivity (Wildman–Crippen MR) is 63.7 cm³/mol. The van der Waals surface area contributed by atoms with Crippen LogP contribution in [0.3, 0.4) is 0 Å². The fourth-order valence-electron chi connectivity index (χ4n) is 2.52. The van der Waals surface area contributed by atoms with Crippen LogP contribution in [0, 0.1) is 0 Å². The molecule has 82 valence electrons. The van der Waals surface area contributed by atoms with Gasteiger partial charge in [0.2, 0.25) is 0 Å². The van der Waals surface area contributed by atoms with Crippen molar-refractivity contribution in [2.24, 2.45) is 5.73 Å². The van der Waals surface area contributed by atoms with E-state index < -0.39 is 0 Å². The van der Waals surface area contributed by atoms with E-state index >= 15 is 0 Å². The first-order chi connectivity index (χ1) is 6.74. The molecule has 0 atom stereocenters. The molecule has 2 rings (SSSR count). The Kier molecular flexibility index (Phi) is 3.40. The molecular formula is C11H22N2S. The highest BCUT2D eigenvalue weighted by molar-refractivity contribution is 8.00. The molecule has 1 aliphatic carbocycles. The molecule has 0 unspecified atom stereocenters. The normalized spacial score (nSPS) is 28.7. The van der Waals surface area contributed by atoms with E-state index in [4.69, 9.17) is 5.73 Å². The van der Waals surface area contributed by atoms with Crippen molar-refractivity contribution in [2.45, 2.75) is 42.9 Å². The maximum atomic E-state index is 5.91. The first-order valence-electron chi connectivity index (χ1n) is 5.77. The van der Waals surface area contributed by atoms with Crippen molar-refractivity contribution in [1.82, 2.24) is 4.90 Å². The highest BCUT2D eigenvalue weighted by atomic mass is 32.2. The van der Waals surface area contributed by atoms with Gasteiger partial charge in [-0.25, -0.2) is 0 Å². The molecule has 0 radical (unpaired) electrons. The van der Waals surface area contributed by atoms with E-state index in [1.165, 1.54) is 51.7 Å². The number of nitrogens with zero attached hydrogens (tertiary/aromatic N) is 1. The van der Waals surface area contributed by atoms with Gasteiger partial charge in [0.25, 0.3) is 0 Å². The lowest BCUT2D eigenvalue weighted by Crippen LogP contribution is -2.49. The second-order valence-corrected chi connectivity index (χ2v) is 6.13. The molecule has 1 saturated carbocycles. The van der Waals surface area contributed by atoms with Crippen LogP contribution in [0.2, 0.25) is 0 Å². The number of thioether (sulfide) groups is 1. The summed E-state index contributed by atoms with van der Waals surface area (Å²) in [7, 11) is 0. The van der Waals surface area contributed by atoms with Crippen LogP contribution in [0.15, 0.2) is 0 Å². The molecule has 2 N–H and O–H groups in total. The summed E-state index contributed by atoms with van der Waals surface area (Å²) in [5.74, 6) is 0. The van der Waals surface area contributed by atoms with Gasteiger partial charge in [0.15, 0.2) is 0 Å². The fourth-order valence-corrected chi connectivity index (χ4v) is 3.53. The molecular weight excluding hydrogens is 192 g/mol. The van der Waals surface area contributed by atoms with Gasteiger partial charge >= 0.3 is 0 Å². The van der Waals surface area contributed by atoms with Crippen molar-refractivity contribution >= 4 is 11.8 Å². The molecule has 0 spiro atoms. The molecule has 2 fully saturated rings. The summed E-state index contributed by atoms with van der Waals surface area (Å²) in [6.45, 7) is 3.76. The Morgan fingerprint density at radius 3 is 2.43 bits per heavy atom. The van der Waals surface area contributed by atoms with Crippen LogP contribution in [-0.2, 0) is 0 Å². The lowest BCUT2D eigenvalue weighted by molar-refractivity contribution is 0.165. The number of nitrogens with two attached hydrogens (primary N) is 1. The molecule has 0 aromatic carbocycles. The average Bonchev–Trinajstić information content (AvgIpc) is 2.15. The molecule has 14 heavy (non-hydrogen) atoms. The van der Waals surface area contributed by atoms with Gasteiger partial charge in [0.1, 0.15) is 0 Å². The van der Waals surface area contributed by atoms with E-state index in [2.05, 4.69) is 22.9 Å². The third-order valence-corrected chi connectivity index (χ3v) is 5.25. The largest absolute Gasteiger partial charge is 0.328 e. The van der Waals surface area contributed by atoms with Crippen LogP contribution in [0.5, 0.6) is 0 Å². The summed E-state index contributed by atoms with van der Waals surface area (Å²) in [6.07, 6.45) is 8.96. The summed E-state index contributed by atoms with van der Waals surface area (Å²) in [5, 5.41) is 0. The van der Waals surface area contributed by atoms with E-state index in [0.717, 1.165) is 0 Å². The first kappa shape index (κ1) is 10.8. The molecule has 1 aliphatic heterocycles. The molecule has 1 saturated heterocycles. The topological polar surface area (TPSA) is 29.3 Å². The van der Waals surface area contributed by atoms with E-state index in [1.807, 2.05) is 0 Å². The Labute approximate surface area is 91.6 Å². The van der Waals surface area contributed by atoms with Gasteiger partial charge in [0.05, 0.1) is 0 Å². The average molecular weight is 214 g/mol. The molecule has 0 bridgehead atoms. The third-order valence-electron chi connectivity index (χ3n) is 3.84. The molecule has 0 aromatic rings. The maximum Gasteiger partial charge on any atom is 0.0284 e. The summed E-state index contributed by atoms with van der Waals surface area (Å²) in [4.78, 5) is 2.62. The zero-order chi connectivity index (χ0) is 10.0. The van der Waals surface area contributed by atoms with Crippen molar-refractivity contribution in [3.63, 3.8) is 0 Å². The predicted octanol–water partition coefficient (Wildman–Crippen LogP) is 1.70. The Hall–Kier alpha value is 0.270. The number of piperidine rings is 1. The summed E-state index contributed by atoms with van der Waals surface area (Å²) in [5.41, 5.74) is 5.91. The molecule has 0 aromatic heterocycles. The molecule has 3 heteroatoms.